The number of nitrogens with one attached hydrogen (secondary N) is 1. The number of aldehydes is 1. The van der Waals surface area contributed by atoms with E-state index in [0.717, 1.165) is 39.7 Å². The van der Waals surface area contributed by atoms with Crippen molar-refractivity contribution in [1.29, 1.82) is 0 Å². The number of pyridine rings is 2. The average Bonchev–Trinajstić information content (AvgIpc) is 3.73. The maximum absolute atomic E-state index is 13.0. The summed E-state index contributed by atoms with van der Waals surface area (Å²) in [6.07, 6.45) is 3.64. The lowest BCUT2D eigenvalue weighted by Crippen LogP contribution is -2.27. The van der Waals surface area contributed by atoms with Gasteiger partial charge in [0, 0.05) is 17.4 Å². The molecular formula is C31H24N8O3S. The summed E-state index contributed by atoms with van der Waals surface area (Å²) in [5.41, 5.74) is 12.3. The molecule has 4 heterocycles. The van der Waals surface area contributed by atoms with E-state index < -0.39 is 0 Å². The molecule has 4 N–H and O–H groups in total. The summed E-state index contributed by atoms with van der Waals surface area (Å²) in [7, 11) is 0. The van der Waals surface area contributed by atoms with Gasteiger partial charge in [-0.3, -0.25) is 14.2 Å². The number of carbonyl (C=O) groups excluding carboxylic acids is 2. The molecule has 212 valence electrons. The van der Waals surface area contributed by atoms with Gasteiger partial charge in [0.15, 0.2) is 22.8 Å². The minimum atomic E-state index is -0.316. The molecule has 4 aromatic heterocycles. The maximum Gasteiger partial charge on any atom is 0.251 e. The van der Waals surface area contributed by atoms with Gasteiger partial charge in [-0.1, -0.05) is 17.4 Å². The Bertz CT molecular complexity index is 2070. The molecule has 43 heavy (non-hydrogen) atoms. The van der Waals surface area contributed by atoms with Crippen LogP contribution in [0.3, 0.4) is 0 Å². The molecule has 2 aromatic carbocycles. The molecule has 0 saturated carbocycles. The van der Waals surface area contributed by atoms with Crippen molar-refractivity contribution in [2.75, 3.05) is 5.73 Å². The molecule has 0 radical (unpaired) electrons. The van der Waals surface area contributed by atoms with E-state index in [1.165, 1.54) is 29.5 Å². The quantitative estimate of drug-likeness (QED) is 0.231. The van der Waals surface area contributed by atoms with Gasteiger partial charge in [0.2, 0.25) is 0 Å². The molecule has 1 aliphatic carbocycles. The van der Waals surface area contributed by atoms with Crippen LogP contribution in [0.5, 0.6) is 5.75 Å². The van der Waals surface area contributed by atoms with Crippen molar-refractivity contribution in [3.63, 3.8) is 0 Å². The fourth-order valence-electron chi connectivity index (χ4n) is 5.43. The van der Waals surface area contributed by atoms with Gasteiger partial charge in [0.25, 0.3) is 5.91 Å². The number of benzene rings is 2. The summed E-state index contributed by atoms with van der Waals surface area (Å²) in [4.78, 5) is 38.4. The van der Waals surface area contributed by atoms with Crippen LogP contribution in [0, 0.1) is 6.92 Å². The van der Waals surface area contributed by atoms with E-state index in [4.69, 9.17) is 15.7 Å². The van der Waals surface area contributed by atoms with E-state index in [0.29, 0.717) is 45.9 Å². The smallest absolute Gasteiger partial charge is 0.251 e. The number of hydrogen-bond donors (Lipinski definition) is 3. The second-order valence-electron chi connectivity index (χ2n) is 10.2. The first kappa shape index (κ1) is 26.4. The summed E-state index contributed by atoms with van der Waals surface area (Å²) in [5.74, 6) is 0.489. The zero-order valence-electron chi connectivity index (χ0n) is 22.9. The molecule has 7 rings (SSSR count). The number of nitrogens with zero attached hydrogens (tertiary/aromatic N) is 6. The Morgan fingerprint density at radius 2 is 2.00 bits per heavy atom. The molecule has 0 saturated heterocycles. The monoisotopic (exact) mass is 588 g/mol. The molecule has 0 spiro atoms. The van der Waals surface area contributed by atoms with Crippen molar-refractivity contribution >= 4 is 40.5 Å². The Morgan fingerprint density at radius 3 is 2.79 bits per heavy atom. The SMILES string of the molecule is Cc1nnc(-c2ccc3nc(-c4cccnc4N)n(-c4ccc5c(c4)CC[C@@H]5NC(=O)c4ccc(O)c(C=O)c4)c3n2)s1. The van der Waals surface area contributed by atoms with Crippen LogP contribution in [-0.2, 0) is 6.42 Å². The van der Waals surface area contributed by atoms with E-state index in [1.807, 2.05) is 47.9 Å². The number of fused-ring (bicyclic) bond motifs is 2. The van der Waals surface area contributed by atoms with Crippen LogP contribution in [0.2, 0.25) is 0 Å². The van der Waals surface area contributed by atoms with Crippen LogP contribution in [0.1, 0.15) is 49.3 Å². The summed E-state index contributed by atoms with van der Waals surface area (Å²) in [6, 6.07) is 17.6. The molecular weight excluding hydrogens is 564 g/mol. The number of aromatic hydroxyl groups is 1. The predicted molar refractivity (Wildman–Crippen MR) is 162 cm³/mol. The number of amides is 1. The van der Waals surface area contributed by atoms with Crippen molar-refractivity contribution in [3.8, 4) is 33.5 Å². The Balaban J connectivity index is 1.29. The van der Waals surface area contributed by atoms with E-state index in [1.54, 1.807) is 6.20 Å². The Hall–Kier alpha value is -5.49. The lowest BCUT2D eigenvalue weighted by atomic mass is 10.1. The highest BCUT2D eigenvalue weighted by Gasteiger charge is 2.27. The van der Waals surface area contributed by atoms with Gasteiger partial charge in [-0.25, -0.2) is 15.0 Å². The van der Waals surface area contributed by atoms with Gasteiger partial charge < -0.3 is 16.2 Å². The number of hydrogen-bond acceptors (Lipinski definition) is 10. The van der Waals surface area contributed by atoms with E-state index in [-0.39, 0.29) is 23.3 Å². The summed E-state index contributed by atoms with van der Waals surface area (Å²) in [5, 5.41) is 22.8. The number of phenolic OH excluding ortho intramolecular Hbond substituents is 1. The number of phenols is 1. The van der Waals surface area contributed by atoms with Gasteiger partial charge in [-0.2, -0.15) is 0 Å². The zero-order chi connectivity index (χ0) is 29.7. The first-order valence-corrected chi connectivity index (χ1v) is 14.3. The predicted octanol–water partition coefficient (Wildman–Crippen LogP) is 4.83. The van der Waals surface area contributed by atoms with Crippen molar-refractivity contribution in [1.82, 2.24) is 35.0 Å². The van der Waals surface area contributed by atoms with Gasteiger partial charge >= 0.3 is 0 Å². The zero-order valence-corrected chi connectivity index (χ0v) is 23.7. The van der Waals surface area contributed by atoms with Gasteiger partial charge in [-0.15, -0.1) is 10.2 Å². The Morgan fingerprint density at radius 1 is 1.12 bits per heavy atom. The largest absolute Gasteiger partial charge is 0.507 e. The van der Waals surface area contributed by atoms with Crippen LogP contribution < -0.4 is 11.1 Å². The highest BCUT2D eigenvalue weighted by atomic mass is 32.1. The fourth-order valence-corrected chi connectivity index (χ4v) is 6.09. The van der Waals surface area contributed by atoms with E-state index >= 15 is 0 Å². The minimum Gasteiger partial charge on any atom is -0.507 e. The van der Waals surface area contributed by atoms with Crippen molar-refractivity contribution in [3.05, 3.63) is 94.1 Å². The number of nitrogen functional groups attached to an aromatic ring is 1. The van der Waals surface area contributed by atoms with Crippen LogP contribution in [0.25, 0.3) is 38.9 Å². The van der Waals surface area contributed by atoms with E-state index in [9.17, 15) is 14.7 Å². The summed E-state index contributed by atoms with van der Waals surface area (Å²) < 4.78 is 1.98. The molecule has 1 amide bonds. The molecule has 0 aliphatic heterocycles. The second kappa shape index (κ2) is 10.4. The third kappa shape index (κ3) is 4.67. The van der Waals surface area contributed by atoms with Gasteiger partial charge in [0.1, 0.15) is 27.8 Å². The third-order valence-corrected chi connectivity index (χ3v) is 8.37. The molecule has 12 heteroatoms. The molecule has 6 aromatic rings. The minimum absolute atomic E-state index is 0.0692. The molecule has 1 atom stereocenters. The number of nitrogens with two attached hydrogens (primary N) is 1. The first-order valence-electron chi connectivity index (χ1n) is 13.5. The number of aryl methyl sites for hydroxylation is 2. The number of aromatic nitrogens is 6. The fraction of sp³-hybridized carbons (Fsp3) is 0.129. The number of carbonyl (C=O) groups is 2. The van der Waals surface area contributed by atoms with E-state index in [2.05, 4.69) is 26.6 Å². The highest BCUT2D eigenvalue weighted by Crippen LogP contribution is 2.36. The molecule has 0 bridgehead atoms. The molecule has 0 fully saturated rings. The second-order valence-corrected chi connectivity index (χ2v) is 11.4. The Kier molecular flexibility index (Phi) is 6.39. The first-order chi connectivity index (χ1) is 20.9. The number of imidazole rings is 1. The standard InChI is InChI=1S/C31H24N8O3S/c1-16-37-38-31(43-16)25-10-9-24-29(35-25)39(28(34-24)22-3-2-12-33-27(22)32)20-6-7-21-17(14-20)4-8-23(21)36-30(42)18-5-11-26(41)19(13-18)15-40/h2-3,5-7,9-15,23,41H,4,8H2,1H3,(H2,32,33)(H,36,42)/t23-/m0/s1. The number of rotatable bonds is 6. The number of anilines is 1. The van der Waals surface area contributed by atoms with Gasteiger partial charge in [-0.05, 0) is 85.5 Å². The lowest BCUT2D eigenvalue weighted by molar-refractivity contribution is 0.0936. The molecule has 0 unspecified atom stereocenters. The lowest BCUT2D eigenvalue weighted by Gasteiger charge is -2.16. The van der Waals surface area contributed by atoms with Crippen molar-refractivity contribution in [2.24, 2.45) is 0 Å². The normalized spacial score (nSPS) is 14.1. The summed E-state index contributed by atoms with van der Waals surface area (Å²) in [6.45, 7) is 1.90. The van der Waals surface area contributed by atoms with Gasteiger partial charge in [0.05, 0.1) is 17.2 Å². The summed E-state index contributed by atoms with van der Waals surface area (Å²) >= 11 is 1.47. The van der Waals surface area contributed by atoms with Crippen molar-refractivity contribution < 1.29 is 14.7 Å². The Labute approximate surface area is 249 Å². The molecule has 1 aliphatic rings. The maximum atomic E-state index is 13.0. The van der Waals surface area contributed by atoms with Crippen LogP contribution in [0.15, 0.2) is 66.9 Å². The average molecular weight is 589 g/mol. The van der Waals surface area contributed by atoms with Crippen molar-refractivity contribution in [2.45, 2.75) is 25.8 Å². The third-order valence-electron chi connectivity index (χ3n) is 7.51. The van der Waals surface area contributed by atoms with Crippen LogP contribution in [-0.4, -0.2) is 47.0 Å². The van der Waals surface area contributed by atoms with Crippen LogP contribution >= 0.6 is 11.3 Å². The van der Waals surface area contributed by atoms with Crippen LogP contribution in [0.4, 0.5) is 5.82 Å². The topological polar surface area (TPSA) is 162 Å². The molecule has 11 nitrogen and oxygen atoms in total. The highest BCUT2D eigenvalue weighted by molar-refractivity contribution is 7.14.